The van der Waals surface area contributed by atoms with Crippen molar-refractivity contribution < 1.29 is 47.8 Å². The number of hydrogen-bond donors (Lipinski definition) is 3. The van der Waals surface area contributed by atoms with E-state index in [4.69, 9.17) is 9.72 Å². The largest absolute Gasteiger partial charge is 0.493 e. The number of aromatic nitrogens is 2. The normalized spacial score (nSPS) is 18.7. The fourth-order valence-electron chi connectivity index (χ4n) is 11.6. The first-order valence-corrected chi connectivity index (χ1v) is 27.4. The lowest BCUT2D eigenvalue weighted by molar-refractivity contribution is -0.136. The summed E-state index contributed by atoms with van der Waals surface area (Å²) in [5, 5.41) is 16.2. The quantitative estimate of drug-likeness (QED) is 0.0679. The number of hydrogen-bond acceptors (Lipinski definition) is 14. The number of aromatic carboxylic acids is 1. The van der Waals surface area contributed by atoms with E-state index in [2.05, 4.69) is 20.5 Å². The van der Waals surface area contributed by atoms with Gasteiger partial charge in [-0.3, -0.25) is 49.2 Å². The van der Waals surface area contributed by atoms with Crippen LogP contribution in [0.5, 0.6) is 5.75 Å². The summed E-state index contributed by atoms with van der Waals surface area (Å²) in [6.07, 6.45) is 5.44. The molecule has 6 amide bonds. The first-order chi connectivity index (χ1) is 37.8. The van der Waals surface area contributed by atoms with Crippen LogP contribution in [0.25, 0.3) is 21.3 Å². The molecule has 402 valence electrons. The zero-order valence-electron chi connectivity index (χ0n) is 43.1. The molecular weight excluding hydrogens is 1020 g/mol. The number of carbonyl (C=O) groups is 7. The number of ether oxygens (including phenoxy) is 1. The first-order valence-electron chi connectivity index (χ1n) is 26.6. The molecule has 6 aromatic rings. The molecule has 5 aliphatic rings. The van der Waals surface area contributed by atoms with E-state index in [9.17, 15) is 38.7 Å². The molecular formula is C58H58FN9O9S. The molecule has 2 atom stereocenters. The number of amides is 6. The summed E-state index contributed by atoms with van der Waals surface area (Å²) in [6.45, 7) is 6.70. The molecule has 0 radical (unpaired) electrons. The van der Waals surface area contributed by atoms with Gasteiger partial charge in [-0.25, -0.2) is 19.2 Å². The summed E-state index contributed by atoms with van der Waals surface area (Å²) in [7, 11) is 0. The average molecular weight is 1080 g/mol. The second-order valence-electron chi connectivity index (χ2n) is 20.6. The summed E-state index contributed by atoms with van der Waals surface area (Å²) in [6, 6.07) is 24.0. The van der Waals surface area contributed by atoms with Gasteiger partial charge in [-0.05, 0) is 135 Å². The highest BCUT2D eigenvalue weighted by Crippen LogP contribution is 2.37. The minimum Gasteiger partial charge on any atom is -0.493 e. The molecule has 2 aromatic heterocycles. The third-order valence-corrected chi connectivity index (χ3v) is 16.7. The van der Waals surface area contributed by atoms with E-state index in [1.54, 1.807) is 21.9 Å². The molecule has 4 aromatic carbocycles. The SMILES string of the molecule is Cc1c(OCCCC[C@H]2CCCN(CC(=O)N3CCN(c4cc5c(cc4F)C(=O)N(C4CCC(=O)NC4=O)C5=O)CC3)C2)cccc1-c1ccc(N2CCc3cccc(C(=O)Nc4nc5ccccc5s4)c3C2)nc1C(=O)O. The lowest BCUT2D eigenvalue weighted by Gasteiger charge is -2.38. The van der Waals surface area contributed by atoms with Crippen molar-refractivity contribution in [3.05, 3.63) is 130 Å². The number of fused-ring (bicyclic) bond motifs is 3. The van der Waals surface area contributed by atoms with Crippen molar-refractivity contribution in [3.8, 4) is 16.9 Å². The lowest BCUT2D eigenvalue weighted by Crippen LogP contribution is -2.54. The summed E-state index contributed by atoms with van der Waals surface area (Å²) in [4.78, 5) is 109. The number of nitrogens with zero attached hydrogens (tertiary/aromatic N) is 7. The number of piperidine rings is 2. The molecule has 0 saturated carbocycles. The number of carboxylic acids is 1. The predicted molar refractivity (Wildman–Crippen MR) is 291 cm³/mol. The van der Waals surface area contributed by atoms with Crippen LogP contribution in [0, 0.1) is 18.7 Å². The van der Waals surface area contributed by atoms with E-state index >= 15 is 4.39 Å². The Labute approximate surface area is 453 Å². The Morgan fingerprint density at radius 3 is 2.41 bits per heavy atom. The van der Waals surface area contributed by atoms with Gasteiger partial charge in [-0.15, -0.1) is 0 Å². The summed E-state index contributed by atoms with van der Waals surface area (Å²) < 4.78 is 22.8. The Balaban J connectivity index is 0.645. The van der Waals surface area contributed by atoms with E-state index in [1.807, 2.05) is 72.5 Å². The number of unbranched alkanes of at least 4 members (excludes halogenated alkanes) is 1. The topological polar surface area (TPSA) is 215 Å². The molecule has 18 nitrogen and oxygen atoms in total. The minimum absolute atomic E-state index is 0.00370. The fraction of sp³-hybridized carbons (Fsp3) is 0.362. The first kappa shape index (κ1) is 52.0. The van der Waals surface area contributed by atoms with Gasteiger partial charge in [0.05, 0.1) is 40.2 Å². The lowest BCUT2D eigenvalue weighted by atomic mass is 9.93. The second kappa shape index (κ2) is 22.1. The monoisotopic (exact) mass is 1080 g/mol. The molecule has 3 saturated heterocycles. The average Bonchev–Trinajstić information content (AvgIpc) is 4.14. The van der Waals surface area contributed by atoms with Gasteiger partial charge in [0.2, 0.25) is 17.7 Å². The number of halogens is 1. The molecule has 20 heteroatoms. The summed E-state index contributed by atoms with van der Waals surface area (Å²) in [5.74, 6) is -3.15. The zero-order valence-corrected chi connectivity index (χ0v) is 43.9. The fourth-order valence-corrected chi connectivity index (χ4v) is 12.5. The van der Waals surface area contributed by atoms with Gasteiger partial charge in [0.1, 0.15) is 23.4 Å². The van der Waals surface area contributed by atoms with E-state index in [0.717, 1.165) is 83.1 Å². The van der Waals surface area contributed by atoms with Gasteiger partial charge in [-0.2, -0.15) is 0 Å². The van der Waals surface area contributed by atoms with Gasteiger partial charge in [0.15, 0.2) is 10.8 Å². The van der Waals surface area contributed by atoms with E-state index in [-0.39, 0.29) is 53.7 Å². The van der Waals surface area contributed by atoms with E-state index < -0.39 is 41.5 Å². The van der Waals surface area contributed by atoms with Gasteiger partial charge in [0, 0.05) is 63.4 Å². The maximum absolute atomic E-state index is 15.5. The Bertz CT molecular complexity index is 3380. The summed E-state index contributed by atoms with van der Waals surface area (Å²) in [5.41, 5.74) is 5.25. The minimum atomic E-state index is -1.15. The molecule has 0 spiro atoms. The highest BCUT2D eigenvalue weighted by atomic mass is 32.1. The Kier molecular flexibility index (Phi) is 14.7. The van der Waals surface area contributed by atoms with Gasteiger partial charge in [-0.1, -0.05) is 47.7 Å². The third-order valence-electron chi connectivity index (χ3n) is 15.7. The van der Waals surface area contributed by atoms with Crippen LogP contribution < -0.4 is 25.2 Å². The maximum Gasteiger partial charge on any atom is 0.355 e. The number of anilines is 3. The van der Waals surface area contributed by atoms with Crippen LogP contribution in [0.1, 0.15) is 103 Å². The molecule has 7 heterocycles. The molecule has 78 heavy (non-hydrogen) atoms. The van der Waals surface area contributed by atoms with Crippen molar-refractivity contribution in [1.82, 2.24) is 30.0 Å². The number of benzene rings is 4. The van der Waals surface area contributed by atoms with Gasteiger partial charge < -0.3 is 24.5 Å². The van der Waals surface area contributed by atoms with Crippen LogP contribution in [-0.4, -0.2) is 136 Å². The van der Waals surface area contributed by atoms with E-state index in [1.165, 1.54) is 17.4 Å². The number of rotatable bonds is 15. The molecule has 11 rings (SSSR count). The Morgan fingerprint density at radius 2 is 1.62 bits per heavy atom. The highest BCUT2D eigenvalue weighted by Gasteiger charge is 2.45. The Morgan fingerprint density at radius 1 is 0.821 bits per heavy atom. The Hall–Kier alpha value is -8.10. The molecule has 5 aliphatic heterocycles. The number of imide groups is 2. The predicted octanol–water partition coefficient (Wildman–Crippen LogP) is 7.33. The number of likely N-dealkylation sites (tertiary alicyclic amines) is 1. The van der Waals surface area contributed by atoms with Crippen molar-refractivity contribution in [2.24, 2.45) is 5.92 Å². The van der Waals surface area contributed by atoms with Crippen LogP contribution in [0.3, 0.4) is 0 Å². The van der Waals surface area contributed by atoms with Gasteiger partial charge in [0.25, 0.3) is 17.7 Å². The number of pyridine rings is 1. The van der Waals surface area contributed by atoms with Crippen molar-refractivity contribution in [2.45, 2.75) is 70.9 Å². The van der Waals surface area contributed by atoms with Crippen LogP contribution in [0.15, 0.2) is 84.9 Å². The second-order valence-corrected chi connectivity index (χ2v) is 21.6. The van der Waals surface area contributed by atoms with Crippen molar-refractivity contribution in [2.75, 3.05) is 74.1 Å². The van der Waals surface area contributed by atoms with E-state index in [0.29, 0.717) is 91.6 Å². The highest BCUT2D eigenvalue weighted by molar-refractivity contribution is 7.22. The number of thiazole rings is 1. The van der Waals surface area contributed by atoms with Crippen molar-refractivity contribution >= 4 is 79.6 Å². The molecule has 3 N–H and O–H groups in total. The summed E-state index contributed by atoms with van der Waals surface area (Å²) >= 11 is 1.42. The smallest absolute Gasteiger partial charge is 0.355 e. The molecule has 0 bridgehead atoms. The van der Waals surface area contributed by atoms with Crippen molar-refractivity contribution in [1.29, 1.82) is 0 Å². The van der Waals surface area contributed by atoms with Crippen LogP contribution >= 0.6 is 11.3 Å². The van der Waals surface area contributed by atoms with Crippen LogP contribution in [-0.2, 0) is 27.3 Å². The number of carboxylic acid groups (broad SMARTS) is 1. The number of piperazine rings is 1. The number of para-hydroxylation sites is 1. The zero-order chi connectivity index (χ0) is 54.2. The third kappa shape index (κ3) is 10.5. The molecule has 1 unspecified atom stereocenters. The van der Waals surface area contributed by atoms with Gasteiger partial charge >= 0.3 is 5.97 Å². The number of carbonyl (C=O) groups excluding carboxylic acids is 6. The molecule has 0 aliphatic carbocycles. The van der Waals surface area contributed by atoms with Crippen LogP contribution in [0.4, 0.5) is 21.0 Å². The standard InChI is InChI=1S/C58H58FN9O9S/c1-34-37(38-17-19-49(61-52(38)57(75)76)67-23-21-36-11-6-13-39(42(36)32-67)53(71)63-58-60-44-14-2-3-16-48(44)78-58)12-7-15-47(34)77-28-5-4-9-35-10-8-22-64(31-35)33-51(70)66-26-24-65(25-27-66)46-30-41-40(29-43(46)59)55(73)68(56(41)74)45-18-20-50(69)62-54(45)72/h2-3,6-7,11-17,19,29-30,35,45H,4-5,8-10,18,20-28,31-33H2,1H3,(H,75,76)(H,60,63,71)(H,62,69,72)/t35-,45?/m0/s1. The maximum atomic E-state index is 15.5. The van der Waals surface area contributed by atoms with Crippen molar-refractivity contribution in [3.63, 3.8) is 0 Å². The van der Waals surface area contributed by atoms with Crippen LogP contribution in [0.2, 0.25) is 0 Å². The number of nitrogens with one attached hydrogen (secondary N) is 2. The molecule has 3 fully saturated rings.